The van der Waals surface area contributed by atoms with Crippen molar-refractivity contribution in [2.45, 2.75) is 52.0 Å². The Bertz CT molecular complexity index is 964. The Morgan fingerprint density at radius 3 is 2.58 bits per heavy atom. The van der Waals surface area contributed by atoms with Crippen molar-refractivity contribution in [3.8, 4) is 5.75 Å². The van der Waals surface area contributed by atoms with Gasteiger partial charge in [0.1, 0.15) is 11.6 Å². The summed E-state index contributed by atoms with van der Waals surface area (Å²) in [5.74, 6) is 2.22. The van der Waals surface area contributed by atoms with Gasteiger partial charge in [0, 0.05) is 48.4 Å². The lowest BCUT2D eigenvalue weighted by Crippen LogP contribution is -2.30. The molecule has 2 heterocycles. The van der Waals surface area contributed by atoms with Crippen LogP contribution in [0.25, 0.3) is 0 Å². The molecule has 7 nitrogen and oxygen atoms in total. The molecule has 0 bridgehead atoms. The number of rotatable bonds is 7. The summed E-state index contributed by atoms with van der Waals surface area (Å²) in [6, 6.07) is 7.65. The number of carbonyl (C=O) groups is 2. The zero-order valence-corrected chi connectivity index (χ0v) is 18.5. The first-order valence-corrected chi connectivity index (χ1v) is 11.0. The maximum atomic E-state index is 12.5. The fourth-order valence-corrected chi connectivity index (χ4v) is 4.17. The normalized spacial score (nSPS) is 18.2. The highest BCUT2D eigenvalue weighted by Crippen LogP contribution is 2.34. The molecule has 1 aromatic carbocycles. The van der Waals surface area contributed by atoms with Crippen LogP contribution in [0.5, 0.6) is 5.75 Å². The van der Waals surface area contributed by atoms with Crippen LogP contribution >= 0.6 is 0 Å². The molecular weight excluding hydrogens is 392 g/mol. The number of amides is 2. The van der Waals surface area contributed by atoms with E-state index in [0.717, 1.165) is 59.9 Å². The summed E-state index contributed by atoms with van der Waals surface area (Å²) in [7, 11) is 1.63. The fraction of sp³-hybridized carbons (Fsp3) is 0.500. The minimum absolute atomic E-state index is 0.0626. The standard InChI is InChI=1S/C24H30N4O3/c1-15-21(12-22(29)25-13-17-5-4-6-20(11-17)31-3)16(2)27-23(26-15)19-9-10-28(14-19)24(30)18-7-8-18/h4-6,11,18-19H,7-10,12-14H2,1-3H3,(H,25,29). The number of hydrogen-bond donors (Lipinski definition) is 1. The molecule has 164 valence electrons. The third-order valence-electron chi connectivity index (χ3n) is 6.19. The van der Waals surface area contributed by atoms with E-state index in [4.69, 9.17) is 14.7 Å². The van der Waals surface area contributed by atoms with Gasteiger partial charge >= 0.3 is 0 Å². The van der Waals surface area contributed by atoms with Crippen LogP contribution in [-0.4, -0.2) is 46.9 Å². The number of hydrogen-bond acceptors (Lipinski definition) is 5. The number of ether oxygens (including phenoxy) is 1. The predicted molar refractivity (Wildman–Crippen MR) is 117 cm³/mol. The average molecular weight is 423 g/mol. The number of benzene rings is 1. The van der Waals surface area contributed by atoms with Crippen molar-refractivity contribution in [1.29, 1.82) is 0 Å². The molecule has 1 saturated heterocycles. The van der Waals surface area contributed by atoms with E-state index in [2.05, 4.69) is 5.32 Å². The molecule has 1 aliphatic carbocycles. The number of methoxy groups -OCH3 is 1. The Balaban J connectivity index is 1.36. The summed E-state index contributed by atoms with van der Waals surface area (Å²) in [5, 5.41) is 2.96. The van der Waals surface area contributed by atoms with Crippen molar-refractivity contribution < 1.29 is 14.3 Å². The van der Waals surface area contributed by atoms with E-state index in [1.54, 1.807) is 7.11 Å². The molecular formula is C24H30N4O3. The van der Waals surface area contributed by atoms with Crippen molar-refractivity contribution in [3.05, 3.63) is 52.6 Å². The summed E-state index contributed by atoms with van der Waals surface area (Å²) in [6.45, 7) is 5.81. The summed E-state index contributed by atoms with van der Waals surface area (Å²) in [4.78, 5) is 36.3. The molecule has 1 atom stereocenters. The van der Waals surface area contributed by atoms with E-state index in [0.29, 0.717) is 19.0 Å². The SMILES string of the molecule is COc1cccc(CNC(=O)Cc2c(C)nc(C3CCN(C(=O)C4CC4)C3)nc2C)c1. The van der Waals surface area contributed by atoms with Gasteiger partial charge in [0.25, 0.3) is 0 Å². The van der Waals surface area contributed by atoms with Crippen LogP contribution in [0.15, 0.2) is 24.3 Å². The molecule has 31 heavy (non-hydrogen) atoms. The van der Waals surface area contributed by atoms with Gasteiger partial charge in [0.15, 0.2) is 0 Å². The van der Waals surface area contributed by atoms with Gasteiger partial charge in [0.05, 0.1) is 13.5 Å². The third kappa shape index (κ3) is 5.03. The van der Waals surface area contributed by atoms with Crippen LogP contribution in [0.4, 0.5) is 0 Å². The van der Waals surface area contributed by atoms with E-state index in [1.807, 2.05) is 43.0 Å². The predicted octanol–water partition coefficient (Wildman–Crippen LogP) is 2.69. The van der Waals surface area contributed by atoms with Gasteiger partial charge in [0.2, 0.25) is 11.8 Å². The minimum Gasteiger partial charge on any atom is -0.497 e. The Labute approximate surface area is 183 Å². The molecule has 2 fully saturated rings. The van der Waals surface area contributed by atoms with Crippen LogP contribution in [0.1, 0.15) is 53.5 Å². The quantitative estimate of drug-likeness (QED) is 0.742. The van der Waals surface area contributed by atoms with Gasteiger partial charge in [-0.05, 0) is 50.8 Å². The maximum absolute atomic E-state index is 12.5. The summed E-state index contributed by atoms with van der Waals surface area (Å²) >= 11 is 0. The highest BCUT2D eigenvalue weighted by Gasteiger charge is 2.37. The summed E-state index contributed by atoms with van der Waals surface area (Å²) in [5.41, 5.74) is 3.53. The molecule has 1 unspecified atom stereocenters. The van der Waals surface area contributed by atoms with Crippen molar-refractivity contribution in [2.75, 3.05) is 20.2 Å². The summed E-state index contributed by atoms with van der Waals surface area (Å²) in [6.07, 6.45) is 3.21. The van der Waals surface area contributed by atoms with Crippen LogP contribution in [-0.2, 0) is 22.6 Å². The molecule has 4 rings (SSSR count). The number of aryl methyl sites for hydroxylation is 2. The molecule has 1 aromatic heterocycles. The van der Waals surface area contributed by atoms with Gasteiger partial charge in [-0.1, -0.05) is 12.1 Å². The first-order chi connectivity index (χ1) is 14.9. The second kappa shape index (κ2) is 9.04. The van der Waals surface area contributed by atoms with Crippen molar-refractivity contribution in [1.82, 2.24) is 20.2 Å². The number of aromatic nitrogens is 2. The molecule has 7 heteroatoms. The molecule has 2 amide bonds. The van der Waals surface area contributed by atoms with Gasteiger partial charge in [-0.25, -0.2) is 9.97 Å². The second-order valence-corrected chi connectivity index (χ2v) is 8.58. The van der Waals surface area contributed by atoms with Crippen LogP contribution in [0.2, 0.25) is 0 Å². The van der Waals surface area contributed by atoms with Gasteiger partial charge < -0.3 is 15.0 Å². The largest absolute Gasteiger partial charge is 0.497 e. The molecule has 2 aromatic rings. The lowest BCUT2D eigenvalue weighted by molar-refractivity contribution is -0.131. The first-order valence-electron chi connectivity index (χ1n) is 11.0. The Kier molecular flexibility index (Phi) is 6.20. The fourth-order valence-electron chi connectivity index (χ4n) is 4.17. The topological polar surface area (TPSA) is 84.4 Å². The van der Waals surface area contributed by atoms with E-state index < -0.39 is 0 Å². The van der Waals surface area contributed by atoms with Crippen LogP contribution in [0, 0.1) is 19.8 Å². The number of nitrogens with one attached hydrogen (secondary N) is 1. The molecule has 1 N–H and O–H groups in total. The molecule has 0 radical (unpaired) electrons. The van der Waals surface area contributed by atoms with Gasteiger partial charge in [-0.2, -0.15) is 0 Å². The first kappa shape index (κ1) is 21.3. The van der Waals surface area contributed by atoms with Gasteiger partial charge in [-0.3, -0.25) is 9.59 Å². The summed E-state index contributed by atoms with van der Waals surface area (Å²) < 4.78 is 5.23. The molecule has 1 aliphatic heterocycles. The second-order valence-electron chi connectivity index (χ2n) is 8.58. The Hall–Kier alpha value is -2.96. The molecule has 1 saturated carbocycles. The number of carbonyl (C=O) groups excluding carboxylic acids is 2. The lowest BCUT2D eigenvalue weighted by atomic mass is 10.0. The van der Waals surface area contributed by atoms with E-state index in [-0.39, 0.29) is 24.2 Å². The van der Waals surface area contributed by atoms with Crippen molar-refractivity contribution >= 4 is 11.8 Å². The average Bonchev–Trinajstić information content (AvgIpc) is 3.50. The van der Waals surface area contributed by atoms with E-state index in [9.17, 15) is 9.59 Å². The minimum atomic E-state index is -0.0626. The van der Waals surface area contributed by atoms with Crippen molar-refractivity contribution in [3.63, 3.8) is 0 Å². The monoisotopic (exact) mass is 422 g/mol. The van der Waals surface area contributed by atoms with Gasteiger partial charge in [-0.15, -0.1) is 0 Å². The zero-order valence-electron chi connectivity index (χ0n) is 18.5. The van der Waals surface area contributed by atoms with Crippen LogP contribution < -0.4 is 10.1 Å². The highest BCUT2D eigenvalue weighted by molar-refractivity contribution is 5.81. The smallest absolute Gasteiger partial charge is 0.225 e. The molecule has 2 aliphatic rings. The van der Waals surface area contributed by atoms with Crippen LogP contribution in [0.3, 0.4) is 0 Å². The van der Waals surface area contributed by atoms with E-state index in [1.165, 1.54) is 0 Å². The Morgan fingerprint density at radius 2 is 1.90 bits per heavy atom. The maximum Gasteiger partial charge on any atom is 0.225 e. The zero-order chi connectivity index (χ0) is 22.0. The third-order valence-corrected chi connectivity index (χ3v) is 6.19. The lowest BCUT2D eigenvalue weighted by Gasteiger charge is -2.17. The van der Waals surface area contributed by atoms with Crippen molar-refractivity contribution in [2.24, 2.45) is 5.92 Å². The number of nitrogens with zero attached hydrogens (tertiary/aromatic N) is 3. The highest BCUT2D eigenvalue weighted by atomic mass is 16.5. The number of likely N-dealkylation sites (tertiary alicyclic amines) is 1. The molecule has 0 spiro atoms. The Morgan fingerprint density at radius 1 is 1.16 bits per heavy atom. The van der Waals surface area contributed by atoms with E-state index >= 15 is 0 Å².